The maximum absolute atomic E-state index is 12.8. The molecule has 2 amide bonds. The minimum absolute atomic E-state index is 0.0342. The SMILES string of the molecule is CCN(C)[n+]1ccc(N)nc1SCC1=C(C(=O)[O-])N2C(=O)C(NC(=O)/C=N\OCc3csc(N)n3)C2SC1. The number of nitrogens with one attached hydrogen (secondary N) is 1. The highest BCUT2D eigenvalue weighted by molar-refractivity contribution is 8.01. The van der Waals surface area contributed by atoms with Gasteiger partial charge < -0.3 is 31.5 Å². The predicted molar refractivity (Wildman–Crippen MR) is 141 cm³/mol. The van der Waals surface area contributed by atoms with Crippen LogP contribution in [0, 0.1) is 0 Å². The molecular formula is C21H25N9O5S3. The van der Waals surface area contributed by atoms with Gasteiger partial charge in [-0.25, -0.2) is 9.99 Å². The van der Waals surface area contributed by atoms with Gasteiger partial charge in [-0.3, -0.25) is 14.5 Å². The number of hydrogen-bond donors (Lipinski definition) is 3. The Hall–Kier alpha value is -3.57. The Kier molecular flexibility index (Phi) is 8.58. The number of nitrogen functional groups attached to an aromatic ring is 2. The second-order valence-electron chi connectivity index (χ2n) is 8.06. The third-order valence-electron chi connectivity index (χ3n) is 5.57. The molecule has 1 saturated heterocycles. The third-order valence-corrected chi connectivity index (χ3v) is 8.66. The highest BCUT2D eigenvalue weighted by Crippen LogP contribution is 2.41. The van der Waals surface area contributed by atoms with Crippen molar-refractivity contribution < 1.29 is 29.0 Å². The second-order valence-corrected chi connectivity index (χ2v) is 11.0. The molecule has 14 nitrogen and oxygen atoms in total. The van der Waals surface area contributed by atoms with Crippen molar-refractivity contribution >= 4 is 69.8 Å². The Morgan fingerprint density at radius 3 is 2.92 bits per heavy atom. The number of anilines is 2. The maximum Gasteiger partial charge on any atom is 0.385 e. The number of nitrogens with zero attached hydrogens (tertiary/aromatic N) is 6. The summed E-state index contributed by atoms with van der Waals surface area (Å²) in [5, 5.41) is 22.2. The van der Waals surface area contributed by atoms with Crippen molar-refractivity contribution in [3.8, 4) is 0 Å². The van der Waals surface area contributed by atoms with Gasteiger partial charge in [0.1, 0.15) is 23.8 Å². The fourth-order valence-corrected chi connectivity index (χ4v) is 6.69. The molecule has 0 aliphatic carbocycles. The Bertz CT molecular complexity index is 1300. The van der Waals surface area contributed by atoms with Crippen LogP contribution in [0.15, 0.2) is 39.2 Å². The number of fused-ring (bicyclic) bond motifs is 1. The quantitative estimate of drug-likeness (QED) is 0.0681. The van der Waals surface area contributed by atoms with Crippen molar-refractivity contribution in [3.05, 3.63) is 34.6 Å². The molecule has 0 aromatic carbocycles. The molecular weight excluding hydrogens is 554 g/mol. The van der Waals surface area contributed by atoms with E-state index in [0.717, 1.165) is 11.1 Å². The number of carbonyl (C=O) groups excluding carboxylic acids is 3. The lowest BCUT2D eigenvalue weighted by Gasteiger charge is -2.50. The predicted octanol–water partition coefficient (Wildman–Crippen LogP) is -1.72. The van der Waals surface area contributed by atoms with Crippen LogP contribution < -0.4 is 31.6 Å². The number of carbonyl (C=O) groups is 3. The van der Waals surface area contributed by atoms with E-state index in [1.165, 1.54) is 34.9 Å². The smallest absolute Gasteiger partial charge is 0.385 e. The van der Waals surface area contributed by atoms with Crippen LogP contribution in [0.3, 0.4) is 0 Å². The first kappa shape index (κ1) is 27.5. The monoisotopic (exact) mass is 579 g/mol. The van der Waals surface area contributed by atoms with Gasteiger partial charge in [0.2, 0.25) is 5.82 Å². The van der Waals surface area contributed by atoms with E-state index in [1.54, 1.807) is 17.6 Å². The van der Waals surface area contributed by atoms with Crippen LogP contribution in [-0.2, 0) is 25.8 Å². The number of aliphatic carboxylic acids is 1. The average molecular weight is 580 g/mol. The number of hydrogen-bond acceptors (Lipinski definition) is 14. The Labute approximate surface area is 230 Å². The highest BCUT2D eigenvalue weighted by Gasteiger charge is 2.52. The van der Waals surface area contributed by atoms with E-state index in [2.05, 4.69) is 20.4 Å². The molecule has 38 heavy (non-hydrogen) atoms. The van der Waals surface area contributed by atoms with Gasteiger partial charge >= 0.3 is 5.16 Å². The summed E-state index contributed by atoms with van der Waals surface area (Å²) in [6.07, 6.45) is 2.68. The summed E-state index contributed by atoms with van der Waals surface area (Å²) >= 11 is 3.90. The normalized spacial score (nSPS) is 18.8. The summed E-state index contributed by atoms with van der Waals surface area (Å²) in [6, 6.07) is 0.765. The van der Waals surface area contributed by atoms with Gasteiger partial charge in [-0.2, -0.15) is 0 Å². The molecule has 0 saturated carbocycles. The van der Waals surface area contributed by atoms with E-state index < -0.39 is 29.2 Å². The topological polar surface area (TPSA) is 196 Å². The van der Waals surface area contributed by atoms with Crippen LogP contribution in [0.25, 0.3) is 0 Å². The zero-order valence-electron chi connectivity index (χ0n) is 20.4. The van der Waals surface area contributed by atoms with Crippen LogP contribution in [0.5, 0.6) is 0 Å². The number of oxime groups is 1. The summed E-state index contributed by atoms with van der Waals surface area (Å²) in [7, 11) is 1.88. The average Bonchev–Trinajstić information content (AvgIpc) is 3.32. The molecule has 1 fully saturated rings. The van der Waals surface area contributed by atoms with Crippen molar-refractivity contribution in [3.63, 3.8) is 0 Å². The Morgan fingerprint density at radius 2 is 2.24 bits per heavy atom. The lowest BCUT2D eigenvalue weighted by molar-refractivity contribution is -0.730. The molecule has 2 unspecified atom stereocenters. The minimum Gasteiger partial charge on any atom is -0.543 e. The van der Waals surface area contributed by atoms with Crippen molar-refractivity contribution in [2.75, 3.05) is 41.6 Å². The highest BCUT2D eigenvalue weighted by atomic mass is 32.2. The van der Waals surface area contributed by atoms with E-state index in [1.807, 2.05) is 23.7 Å². The maximum atomic E-state index is 12.8. The number of amides is 2. The number of thioether (sulfide) groups is 2. The molecule has 17 heteroatoms. The zero-order chi connectivity index (χ0) is 27.4. The Morgan fingerprint density at radius 1 is 1.45 bits per heavy atom. The molecule has 0 spiro atoms. The fraction of sp³-hybridized carbons (Fsp3) is 0.381. The number of rotatable bonds is 11. The van der Waals surface area contributed by atoms with Gasteiger partial charge in [0.15, 0.2) is 11.7 Å². The van der Waals surface area contributed by atoms with E-state index >= 15 is 0 Å². The lowest BCUT2D eigenvalue weighted by atomic mass is 10.0. The molecule has 2 aliphatic heterocycles. The molecule has 0 radical (unpaired) electrons. The molecule has 4 heterocycles. The summed E-state index contributed by atoms with van der Waals surface area (Å²) in [6.45, 7) is 2.73. The van der Waals surface area contributed by atoms with Crippen molar-refractivity contribution in [1.29, 1.82) is 0 Å². The van der Waals surface area contributed by atoms with Gasteiger partial charge in [0, 0.05) is 30.0 Å². The molecule has 2 aliphatic rings. The summed E-state index contributed by atoms with van der Waals surface area (Å²) < 4.78 is 1.82. The third kappa shape index (κ3) is 5.94. The molecule has 5 N–H and O–H groups in total. The Balaban J connectivity index is 1.39. The van der Waals surface area contributed by atoms with Crippen LogP contribution in [-0.4, -0.2) is 75.4 Å². The van der Waals surface area contributed by atoms with E-state index in [0.29, 0.717) is 39.7 Å². The molecule has 4 rings (SSSR count). The van der Waals surface area contributed by atoms with Gasteiger partial charge in [-0.05, 0) is 29.2 Å². The molecule has 202 valence electrons. The molecule has 0 bridgehead atoms. The second kappa shape index (κ2) is 11.9. The van der Waals surface area contributed by atoms with Crippen LogP contribution in [0.4, 0.5) is 10.9 Å². The number of thiazole rings is 1. The molecule has 2 atom stereocenters. The number of aromatic nitrogens is 3. The van der Waals surface area contributed by atoms with E-state index in [-0.39, 0.29) is 18.1 Å². The first-order valence-electron chi connectivity index (χ1n) is 11.3. The van der Waals surface area contributed by atoms with Gasteiger partial charge in [-0.15, -0.1) is 27.8 Å². The summed E-state index contributed by atoms with van der Waals surface area (Å²) in [4.78, 5) is 51.7. The van der Waals surface area contributed by atoms with Crippen LogP contribution >= 0.6 is 34.9 Å². The zero-order valence-corrected chi connectivity index (χ0v) is 22.8. The first-order valence-corrected chi connectivity index (χ1v) is 14.2. The van der Waals surface area contributed by atoms with E-state index in [4.69, 9.17) is 16.3 Å². The number of nitrogens with two attached hydrogens (primary N) is 2. The molecule has 2 aromatic rings. The van der Waals surface area contributed by atoms with Gasteiger partial charge in [0.25, 0.3) is 11.8 Å². The van der Waals surface area contributed by atoms with Crippen molar-refractivity contribution in [2.24, 2.45) is 5.16 Å². The standard InChI is InChI=1S/C21H25N9O5S3/c1-3-28(2)29-5-4-13(22)26-21(29)38-9-11-8-36-18-15(17(32)30(18)16(11)19(33)34)27-14(31)6-24-35-7-12-10-37-20(23)25-12/h4-6,10,15,18,22H,3,7-9H2,1-2H3,(H4,23,25,27,31,33,34)/b24-6-. The summed E-state index contributed by atoms with van der Waals surface area (Å²) in [5.41, 5.74) is 12.3. The van der Waals surface area contributed by atoms with Gasteiger partial charge in [0.05, 0.1) is 23.9 Å². The van der Waals surface area contributed by atoms with Crippen molar-refractivity contribution in [2.45, 2.75) is 30.1 Å². The number of carboxylic acids is 1. The summed E-state index contributed by atoms with van der Waals surface area (Å²) in [5.74, 6) is -1.74. The minimum atomic E-state index is -1.46. The van der Waals surface area contributed by atoms with Gasteiger partial charge in [-0.1, -0.05) is 5.16 Å². The van der Waals surface area contributed by atoms with E-state index in [9.17, 15) is 19.5 Å². The number of β-lactam (4-membered cyclic amide) rings is 1. The fourth-order valence-electron chi connectivity index (χ4n) is 3.62. The van der Waals surface area contributed by atoms with Crippen LogP contribution in [0.2, 0.25) is 0 Å². The largest absolute Gasteiger partial charge is 0.543 e. The first-order chi connectivity index (χ1) is 18.2. The lowest BCUT2D eigenvalue weighted by Crippen LogP contribution is -2.71. The van der Waals surface area contributed by atoms with Crippen molar-refractivity contribution in [1.82, 2.24) is 20.2 Å². The molecule has 2 aromatic heterocycles. The number of carboxylic acid groups (broad SMARTS) is 1. The van der Waals surface area contributed by atoms with Crippen LogP contribution in [0.1, 0.15) is 12.6 Å².